The molecule has 0 atom stereocenters. The molecule has 3 heteroatoms. The minimum atomic E-state index is -0.905. The molecule has 0 spiro atoms. The molecule has 0 fully saturated rings. The molecule has 3 rings (SSSR count). The van der Waals surface area contributed by atoms with Crippen LogP contribution in [0.4, 0.5) is 8.78 Å². The lowest BCUT2D eigenvalue weighted by atomic mass is 9.98. The van der Waals surface area contributed by atoms with E-state index < -0.39 is 11.6 Å². The first-order valence-electron chi connectivity index (χ1n) is 16.9. The van der Waals surface area contributed by atoms with E-state index in [1.165, 1.54) is 102 Å². The van der Waals surface area contributed by atoms with Crippen LogP contribution in [0.5, 0.6) is 5.75 Å². The summed E-state index contributed by atoms with van der Waals surface area (Å²) < 4.78 is 35.3. The summed E-state index contributed by atoms with van der Waals surface area (Å²) >= 11 is 0. The van der Waals surface area contributed by atoms with Crippen molar-refractivity contribution in [2.24, 2.45) is 0 Å². The van der Waals surface area contributed by atoms with E-state index in [1.807, 2.05) is 24.3 Å². The Morgan fingerprint density at radius 1 is 0.452 bits per heavy atom. The fraction of sp³-hybridized carbons (Fsp3) is 0.538. The Morgan fingerprint density at radius 2 is 0.905 bits per heavy atom. The number of hydrogen-bond donors (Lipinski definition) is 0. The summed E-state index contributed by atoms with van der Waals surface area (Å²) in [4.78, 5) is 0. The van der Waals surface area contributed by atoms with Gasteiger partial charge in [-0.1, -0.05) is 159 Å². The zero-order valence-electron chi connectivity index (χ0n) is 26.4. The van der Waals surface area contributed by atoms with Crippen LogP contribution >= 0.6 is 0 Å². The maximum absolute atomic E-state index is 15.0. The Hall–Kier alpha value is -2.68. The fourth-order valence-corrected chi connectivity index (χ4v) is 5.63. The summed E-state index contributed by atoms with van der Waals surface area (Å²) in [7, 11) is 0. The number of aryl methyl sites for hydroxylation is 1. The van der Waals surface area contributed by atoms with Crippen molar-refractivity contribution in [3.63, 3.8) is 0 Å². The summed E-state index contributed by atoms with van der Waals surface area (Å²) in [6.07, 6.45) is 22.8. The molecule has 0 saturated carbocycles. The van der Waals surface area contributed by atoms with Crippen LogP contribution in [0.25, 0.3) is 22.3 Å². The molecule has 0 aliphatic carbocycles. The molecular weight excluding hydrogens is 522 g/mol. The van der Waals surface area contributed by atoms with Gasteiger partial charge in [-0.15, -0.1) is 0 Å². The van der Waals surface area contributed by atoms with E-state index in [0.29, 0.717) is 12.2 Å². The first-order valence-corrected chi connectivity index (χ1v) is 16.9. The Kier molecular flexibility index (Phi) is 16.3. The first-order chi connectivity index (χ1) is 20.6. The van der Waals surface area contributed by atoms with Crippen LogP contribution in [0.3, 0.4) is 0 Å². The Morgan fingerprint density at radius 3 is 1.45 bits per heavy atom. The standard InChI is InChI=1S/C39H54F2O/c1-3-5-7-9-11-12-13-14-16-18-20-32-21-23-33(24-22-32)34-25-27-35(28-26-34)36-29-30-37(39(41)38(36)40)42-31-19-17-15-10-8-6-4-2/h21-30H,3-20,31H2,1-2H3. The SMILES string of the molecule is CCCCCCCCCCCCc1ccc(-c2ccc(-c3ccc(OCCCCCCCCC)c(F)c3F)cc2)cc1. The average Bonchev–Trinajstić information content (AvgIpc) is 3.02. The van der Waals surface area contributed by atoms with E-state index in [1.54, 1.807) is 12.1 Å². The van der Waals surface area contributed by atoms with Crippen molar-refractivity contribution < 1.29 is 13.5 Å². The monoisotopic (exact) mass is 576 g/mol. The second kappa shape index (κ2) is 20.3. The van der Waals surface area contributed by atoms with Gasteiger partial charge in [0.1, 0.15) is 0 Å². The highest BCUT2D eigenvalue weighted by Gasteiger charge is 2.16. The zero-order valence-corrected chi connectivity index (χ0v) is 26.4. The lowest BCUT2D eigenvalue weighted by Crippen LogP contribution is -2.01. The Balaban J connectivity index is 1.42. The van der Waals surface area contributed by atoms with Crippen molar-refractivity contribution in [2.45, 2.75) is 129 Å². The van der Waals surface area contributed by atoms with Gasteiger partial charge in [-0.25, -0.2) is 4.39 Å². The number of halogens is 2. The van der Waals surface area contributed by atoms with Crippen LogP contribution < -0.4 is 4.74 Å². The predicted octanol–water partition coefficient (Wildman–Crippen LogP) is 12.9. The molecule has 0 aromatic heterocycles. The van der Waals surface area contributed by atoms with E-state index in [9.17, 15) is 8.78 Å². The largest absolute Gasteiger partial charge is 0.490 e. The van der Waals surface area contributed by atoms with Crippen LogP contribution in [-0.4, -0.2) is 6.61 Å². The van der Waals surface area contributed by atoms with E-state index >= 15 is 0 Å². The predicted molar refractivity (Wildman–Crippen MR) is 176 cm³/mol. The van der Waals surface area contributed by atoms with Gasteiger partial charge in [-0.2, -0.15) is 4.39 Å². The van der Waals surface area contributed by atoms with Gasteiger partial charge >= 0.3 is 0 Å². The van der Waals surface area contributed by atoms with Crippen molar-refractivity contribution in [3.8, 4) is 28.0 Å². The average molecular weight is 577 g/mol. The second-order valence-electron chi connectivity index (χ2n) is 11.9. The smallest absolute Gasteiger partial charge is 0.201 e. The van der Waals surface area contributed by atoms with E-state index in [4.69, 9.17) is 4.74 Å². The topological polar surface area (TPSA) is 9.23 Å². The summed E-state index contributed by atoms with van der Waals surface area (Å²) in [5.74, 6) is -1.76. The molecule has 3 aromatic carbocycles. The van der Waals surface area contributed by atoms with Crippen molar-refractivity contribution >= 4 is 0 Å². The Labute approximate surface area is 255 Å². The quantitative estimate of drug-likeness (QED) is 0.108. The molecule has 1 nitrogen and oxygen atoms in total. The molecule has 0 amide bonds. The van der Waals surface area contributed by atoms with Crippen molar-refractivity contribution in [2.75, 3.05) is 6.61 Å². The molecule has 0 heterocycles. The van der Waals surface area contributed by atoms with E-state index in [-0.39, 0.29) is 11.3 Å². The zero-order chi connectivity index (χ0) is 29.8. The van der Waals surface area contributed by atoms with Crippen LogP contribution in [0.1, 0.15) is 129 Å². The van der Waals surface area contributed by atoms with Crippen LogP contribution in [0.2, 0.25) is 0 Å². The summed E-state index contributed by atoms with van der Waals surface area (Å²) in [5, 5.41) is 0. The molecule has 0 unspecified atom stereocenters. The minimum absolute atomic E-state index is 0.00301. The van der Waals surface area contributed by atoms with Gasteiger partial charge in [-0.05, 0) is 53.6 Å². The molecule has 3 aromatic rings. The fourth-order valence-electron chi connectivity index (χ4n) is 5.63. The lowest BCUT2D eigenvalue weighted by Gasteiger charge is -2.11. The number of benzene rings is 3. The molecule has 0 N–H and O–H groups in total. The number of ether oxygens (including phenoxy) is 1. The normalized spacial score (nSPS) is 11.2. The summed E-state index contributed by atoms with van der Waals surface area (Å²) in [5.41, 5.74) is 4.50. The molecule has 42 heavy (non-hydrogen) atoms. The van der Waals surface area contributed by atoms with Crippen LogP contribution in [0.15, 0.2) is 60.7 Å². The van der Waals surface area contributed by atoms with Crippen molar-refractivity contribution in [1.29, 1.82) is 0 Å². The minimum Gasteiger partial charge on any atom is -0.490 e. The van der Waals surface area contributed by atoms with Gasteiger partial charge in [-0.3, -0.25) is 0 Å². The molecule has 0 bridgehead atoms. The maximum Gasteiger partial charge on any atom is 0.201 e. The highest BCUT2D eigenvalue weighted by Crippen LogP contribution is 2.31. The number of hydrogen-bond acceptors (Lipinski definition) is 1. The van der Waals surface area contributed by atoms with Crippen molar-refractivity contribution in [1.82, 2.24) is 0 Å². The van der Waals surface area contributed by atoms with Crippen LogP contribution in [-0.2, 0) is 6.42 Å². The maximum atomic E-state index is 15.0. The number of unbranched alkanes of at least 4 members (excludes halogenated alkanes) is 15. The van der Waals surface area contributed by atoms with Gasteiger partial charge in [0.2, 0.25) is 5.82 Å². The van der Waals surface area contributed by atoms with Crippen molar-refractivity contribution in [3.05, 3.63) is 77.9 Å². The highest BCUT2D eigenvalue weighted by atomic mass is 19.2. The molecule has 0 saturated heterocycles. The van der Waals surface area contributed by atoms with E-state index in [0.717, 1.165) is 30.4 Å². The Bertz CT molecular complexity index is 1120. The molecule has 0 radical (unpaired) electrons. The molecule has 230 valence electrons. The third-order valence-electron chi connectivity index (χ3n) is 8.35. The van der Waals surface area contributed by atoms with Gasteiger partial charge in [0.15, 0.2) is 11.6 Å². The molecular formula is C39H54F2O. The third kappa shape index (κ3) is 11.9. The third-order valence-corrected chi connectivity index (χ3v) is 8.35. The van der Waals surface area contributed by atoms with Gasteiger partial charge < -0.3 is 4.74 Å². The summed E-state index contributed by atoms with van der Waals surface area (Å²) in [6, 6.07) is 19.6. The molecule has 0 aliphatic rings. The second-order valence-corrected chi connectivity index (χ2v) is 11.9. The molecule has 0 aliphatic heterocycles. The first kappa shape index (κ1) is 33.8. The van der Waals surface area contributed by atoms with Gasteiger partial charge in [0, 0.05) is 5.56 Å². The van der Waals surface area contributed by atoms with Gasteiger partial charge in [0.05, 0.1) is 6.61 Å². The highest BCUT2D eigenvalue weighted by molar-refractivity contribution is 5.71. The van der Waals surface area contributed by atoms with Gasteiger partial charge in [0.25, 0.3) is 0 Å². The van der Waals surface area contributed by atoms with Crippen LogP contribution in [0, 0.1) is 11.6 Å². The summed E-state index contributed by atoms with van der Waals surface area (Å²) in [6.45, 7) is 4.89. The van der Waals surface area contributed by atoms with E-state index in [2.05, 4.69) is 38.1 Å². The number of rotatable bonds is 22. The lowest BCUT2D eigenvalue weighted by molar-refractivity contribution is 0.285.